The van der Waals surface area contributed by atoms with E-state index in [0.717, 1.165) is 16.2 Å². The van der Waals surface area contributed by atoms with Crippen LogP contribution >= 0.6 is 11.8 Å². The van der Waals surface area contributed by atoms with Crippen LogP contribution in [-0.2, 0) is 5.75 Å². The van der Waals surface area contributed by atoms with E-state index >= 15 is 0 Å². The van der Waals surface area contributed by atoms with Gasteiger partial charge in [0.1, 0.15) is 0 Å². The average molecular weight is 389 g/mol. The van der Waals surface area contributed by atoms with Crippen molar-refractivity contribution in [3.8, 4) is 22.8 Å². The Hall–Kier alpha value is -3.45. The van der Waals surface area contributed by atoms with Crippen molar-refractivity contribution in [3.05, 3.63) is 94.5 Å². The van der Waals surface area contributed by atoms with Crippen LogP contribution in [0.4, 0.5) is 5.69 Å². The van der Waals surface area contributed by atoms with E-state index in [1.165, 1.54) is 17.7 Å². The molecule has 0 unspecified atom stereocenters. The first kappa shape index (κ1) is 17.9. The molecular formula is C21H15N3O3S. The number of rotatable bonds is 6. The number of benzene rings is 3. The normalized spacial score (nSPS) is 10.7. The van der Waals surface area contributed by atoms with Crippen LogP contribution in [0.15, 0.2) is 88.3 Å². The Balaban J connectivity index is 1.60. The summed E-state index contributed by atoms with van der Waals surface area (Å²) in [5, 5.41) is 15.0. The van der Waals surface area contributed by atoms with Crippen LogP contribution in [0, 0.1) is 10.1 Å². The number of nitro groups is 1. The molecule has 0 aliphatic rings. The van der Waals surface area contributed by atoms with Gasteiger partial charge in [0.05, 0.1) is 10.5 Å². The minimum absolute atomic E-state index is 0.0114. The third-order valence-corrected chi connectivity index (χ3v) is 5.24. The van der Waals surface area contributed by atoms with Crippen LogP contribution in [0.3, 0.4) is 0 Å². The standard InChI is InChI=1S/C21H15N3O3S/c25-24(26)17-10-6-9-16(13-17)20-22-21(27-23-20)18-11-4-5-12-19(18)28-14-15-7-2-1-3-8-15/h1-13H,14H2. The van der Waals surface area contributed by atoms with Gasteiger partial charge in [-0.2, -0.15) is 4.98 Å². The molecule has 7 heteroatoms. The van der Waals surface area contributed by atoms with Gasteiger partial charge in [0.25, 0.3) is 11.6 Å². The van der Waals surface area contributed by atoms with Gasteiger partial charge >= 0.3 is 0 Å². The van der Waals surface area contributed by atoms with Crippen molar-refractivity contribution in [2.24, 2.45) is 0 Å². The van der Waals surface area contributed by atoms with Crippen molar-refractivity contribution in [2.45, 2.75) is 10.6 Å². The summed E-state index contributed by atoms with van der Waals surface area (Å²) in [6.07, 6.45) is 0. The summed E-state index contributed by atoms with van der Waals surface area (Å²) in [4.78, 5) is 16.0. The van der Waals surface area contributed by atoms with Crippen molar-refractivity contribution in [1.29, 1.82) is 0 Å². The maximum atomic E-state index is 11.0. The summed E-state index contributed by atoms with van der Waals surface area (Å²) in [6.45, 7) is 0. The van der Waals surface area contributed by atoms with E-state index in [1.807, 2.05) is 42.5 Å². The topological polar surface area (TPSA) is 82.1 Å². The molecule has 0 aliphatic heterocycles. The first-order chi connectivity index (χ1) is 13.7. The molecule has 0 radical (unpaired) electrons. The lowest BCUT2D eigenvalue weighted by molar-refractivity contribution is -0.384. The Bertz CT molecular complexity index is 1110. The number of non-ortho nitro benzene ring substituents is 1. The van der Waals surface area contributed by atoms with Crippen molar-refractivity contribution < 1.29 is 9.45 Å². The highest BCUT2D eigenvalue weighted by molar-refractivity contribution is 7.98. The molecule has 28 heavy (non-hydrogen) atoms. The zero-order chi connectivity index (χ0) is 19.3. The van der Waals surface area contributed by atoms with Gasteiger partial charge in [0.15, 0.2) is 0 Å². The minimum atomic E-state index is -0.444. The molecule has 0 saturated carbocycles. The van der Waals surface area contributed by atoms with E-state index < -0.39 is 4.92 Å². The third kappa shape index (κ3) is 3.94. The lowest BCUT2D eigenvalue weighted by Gasteiger charge is -2.05. The Morgan fingerprint density at radius 2 is 1.75 bits per heavy atom. The number of nitrogens with zero attached hydrogens (tertiary/aromatic N) is 3. The Labute approximate surface area is 165 Å². The number of hydrogen-bond acceptors (Lipinski definition) is 6. The SMILES string of the molecule is O=[N+]([O-])c1cccc(-c2noc(-c3ccccc3SCc3ccccc3)n2)c1. The fraction of sp³-hybridized carbons (Fsp3) is 0.0476. The van der Waals surface area contributed by atoms with Gasteiger partial charge in [-0.25, -0.2) is 0 Å². The molecule has 0 spiro atoms. The van der Waals surface area contributed by atoms with E-state index in [1.54, 1.807) is 23.9 Å². The number of aromatic nitrogens is 2. The van der Waals surface area contributed by atoms with Gasteiger partial charge in [-0.1, -0.05) is 59.8 Å². The lowest BCUT2D eigenvalue weighted by Crippen LogP contribution is -1.89. The number of thioether (sulfide) groups is 1. The fourth-order valence-corrected chi connectivity index (χ4v) is 3.71. The van der Waals surface area contributed by atoms with E-state index in [2.05, 4.69) is 22.3 Å². The Morgan fingerprint density at radius 1 is 0.964 bits per heavy atom. The second-order valence-electron chi connectivity index (χ2n) is 6.00. The smallest absolute Gasteiger partial charge is 0.270 e. The van der Waals surface area contributed by atoms with Crippen LogP contribution in [0.2, 0.25) is 0 Å². The van der Waals surface area contributed by atoms with E-state index in [9.17, 15) is 10.1 Å². The van der Waals surface area contributed by atoms with Gasteiger partial charge < -0.3 is 4.52 Å². The summed E-state index contributed by atoms with van der Waals surface area (Å²) >= 11 is 1.69. The van der Waals surface area contributed by atoms with Crippen LogP contribution in [0.5, 0.6) is 0 Å². The summed E-state index contributed by atoms with van der Waals surface area (Å²) in [5.41, 5.74) is 2.60. The molecule has 4 aromatic rings. The summed E-state index contributed by atoms with van der Waals surface area (Å²) in [7, 11) is 0. The fourth-order valence-electron chi connectivity index (χ4n) is 2.71. The van der Waals surface area contributed by atoms with Crippen LogP contribution < -0.4 is 0 Å². The van der Waals surface area contributed by atoms with Gasteiger partial charge in [-0.3, -0.25) is 10.1 Å². The predicted octanol–water partition coefficient (Wildman–Crippen LogP) is 5.60. The third-order valence-electron chi connectivity index (χ3n) is 4.10. The molecule has 1 heterocycles. The van der Waals surface area contributed by atoms with Crippen molar-refractivity contribution in [3.63, 3.8) is 0 Å². The zero-order valence-electron chi connectivity index (χ0n) is 14.7. The molecule has 0 atom stereocenters. The van der Waals surface area contributed by atoms with Gasteiger partial charge in [-0.05, 0) is 17.7 Å². The van der Waals surface area contributed by atoms with Crippen LogP contribution in [0.1, 0.15) is 5.56 Å². The molecule has 138 valence electrons. The van der Waals surface area contributed by atoms with Gasteiger partial charge in [0, 0.05) is 28.3 Å². The molecule has 0 saturated heterocycles. The average Bonchev–Trinajstić information content (AvgIpc) is 3.23. The molecule has 0 bridgehead atoms. The number of nitro benzene ring substituents is 1. The van der Waals surface area contributed by atoms with E-state index in [0.29, 0.717) is 17.3 Å². The van der Waals surface area contributed by atoms with Crippen molar-refractivity contribution >= 4 is 17.4 Å². The maximum absolute atomic E-state index is 11.0. The first-order valence-electron chi connectivity index (χ1n) is 8.55. The molecule has 4 rings (SSSR count). The molecular weight excluding hydrogens is 374 g/mol. The molecule has 0 N–H and O–H groups in total. The molecule has 0 fully saturated rings. The van der Waals surface area contributed by atoms with E-state index in [-0.39, 0.29) is 5.69 Å². The van der Waals surface area contributed by atoms with Crippen molar-refractivity contribution in [2.75, 3.05) is 0 Å². The monoisotopic (exact) mass is 389 g/mol. The summed E-state index contributed by atoms with van der Waals surface area (Å²) < 4.78 is 5.45. The number of hydrogen-bond donors (Lipinski definition) is 0. The molecule has 0 aliphatic carbocycles. The van der Waals surface area contributed by atoms with Crippen LogP contribution in [-0.4, -0.2) is 15.1 Å². The second-order valence-corrected chi connectivity index (χ2v) is 7.02. The van der Waals surface area contributed by atoms with Gasteiger partial charge in [-0.15, -0.1) is 11.8 Å². The predicted molar refractivity (Wildman–Crippen MR) is 108 cm³/mol. The highest BCUT2D eigenvalue weighted by Crippen LogP contribution is 2.33. The highest BCUT2D eigenvalue weighted by atomic mass is 32.2. The Kier molecular flexibility index (Phi) is 5.16. The summed E-state index contributed by atoms with van der Waals surface area (Å²) in [6, 6.07) is 24.2. The maximum Gasteiger partial charge on any atom is 0.270 e. The van der Waals surface area contributed by atoms with Crippen molar-refractivity contribution in [1.82, 2.24) is 10.1 Å². The lowest BCUT2D eigenvalue weighted by atomic mass is 10.2. The molecule has 0 amide bonds. The summed E-state index contributed by atoms with van der Waals surface area (Å²) in [5.74, 6) is 1.53. The van der Waals surface area contributed by atoms with Gasteiger partial charge in [0.2, 0.25) is 5.82 Å². The van der Waals surface area contributed by atoms with E-state index in [4.69, 9.17) is 4.52 Å². The second kappa shape index (κ2) is 8.06. The molecule has 1 aromatic heterocycles. The molecule has 3 aromatic carbocycles. The minimum Gasteiger partial charge on any atom is -0.334 e. The highest BCUT2D eigenvalue weighted by Gasteiger charge is 2.16. The zero-order valence-corrected chi connectivity index (χ0v) is 15.5. The van der Waals surface area contributed by atoms with Crippen LogP contribution in [0.25, 0.3) is 22.8 Å². The quantitative estimate of drug-likeness (QED) is 0.242. The Morgan fingerprint density at radius 3 is 2.57 bits per heavy atom. The largest absolute Gasteiger partial charge is 0.334 e. The molecule has 6 nitrogen and oxygen atoms in total. The first-order valence-corrected chi connectivity index (χ1v) is 9.54.